The number of nitrogens with one attached hydrogen (secondary N) is 1. The molecule has 0 aliphatic carbocycles. The SMILES string of the molecule is CC(=O)CCC([NH])C(C)=O. The minimum Gasteiger partial charge on any atom is -0.300 e. The molecule has 3 nitrogen and oxygen atoms in total. The van der Waals surface area contributed by atoms with E-state index in [1.807, 2.05) is 0 Å². The largest absolute Gasteiger partial charge is 0.300 e. The van der Waals surface area contributed by atoms with E-state index in [4.69, 9.17) is 5.73 Å². The van der Waals surface area contributed by atoms with Crippen LogP contribution in [0, 0.1) is 0 Å². The van der Waals surface area contributed by atoms with Crippen molar-refractivity contribution >= 4 is 11.6 Å². The zero-order valence-corrected chi connectivity index (χ0v) is 6.31. The first-order valence-corrected chi connectivity index (χ1v) is 3.25. The molecule has 0 amide bonds. The Kier molecular flexibility index (Phi) is 3.88. The Balaban J connectivity index is 3.49. The summed E-state index contributed by atoms with van der Waals surface area (Å²) in [6.07, 6.45) is 0.707. The summed E-state index contributed by atoms with van der Waals surface area (Å²) in [7, 11) is 0. The third-order valence-electron chi connectivity index (χ3n) is 1.28. The van der Waals surface area contributed by atoms with Gasteiger partial charge < -0.3 is 4.79 Å². The van der Waals surface area contributed by atoms with Gasteiger partial charge in [-0.3, -0.25) is 4.79 Å². The Labute approximate surface area is 60.6 Å². The van der Waals surface area contributed by atoms with Crippen molar-refractivity contribution in [2.75, 3.05) is 0 Å². The van der Waals surface area contributed by atoms with Gasteiger partial charge in [0.15, 0.2) is 0 Å². The molecule has 0 aromatic rings. The zero-order chi connectivity index (χ0) is 8.15. The first kappa shape index (κ1) is 9.30. The van der Waals surface area contributed by atoms with Gasteiger partial charge in [-0.25, -0.2) is 5.73 Å². The van der Waals surface area contributed by atoms with Crippen LogP contribution in [0.15, 0.2) is 0 Å². The topological polar surface area (TPSA) is 57.9 Å². The van der Waals surface area contributed by atoms with Crippen LogP contribution >= 0.6 is 0 Å². The van der Waals surface area contributed by atoms with Crippen LogP contribution in [0.1, 0.15) is 26.7 Å². The van der Waals surface area contributed by atoms with Crippen molar-refractivity contribution in [3.63, 3.8) is 0 Å². The van der Waals surface area contributed by atoms with Gasteiger partial charge in [0, 0.05) is 6.42 Å². The second kappa shape index (κ2) is 4.17. The van der Waals surface area contributed by atoms with Gasteiger partial charge in [0.05, 0.1) is 6.04 Å². The average molecular weight is 142 g/mol. The summed E-state index contributed by atoms with van der Waals surface area (Å²) >= 11 is 0. The van der Waals surface area contributed by atoms with Crippen LogP contribution in [0.4, 0.5) is 0 Å². The number of carbonyl (C=O) groups excluding carboxylic acids is 2. The van der Waals surface area contributed by atoms with Crippen molar-refractivity contribution in [3.8, 4) is 0 Å². The van der Waals surface area contributed by atoms with E-state index >= 15 is 0 Å². The van der Waals surface area contributed by atoms with E-state index in [1.54, 1.807) is 0 Å². The fourth-order valence-corrected chi connectivity index (χ4v) is 0.551. The monoisotopic (exact) mass is 142 g/mol. The van der Waals surface area contributed by atoms with Gasteiger partial charge in [-0.1, -0.05) is 0 Å². The fourth-order valence-electron chi connectivity index (χ4n) is 0.551. The van der Waals surface area contributed by atoms with E-state index in [-0.39, 0.29) is 11.6 Å². The molecule has 0 aliphatic rings. The number of carbonyl (C=O) groups is 2. The van der Waals surface area contributed by atoms with Crippen LogP contribution < -0.4 is 5.73 Å². The summed E-state index contributed by atoms with van der Waals surface area (Å²) < 4.78 is 0. The third-order valence-corrected chi connectivity index (χ3v) is 1.28. The first-order valence-electron chi connectivity index (χ1n) is 3.25. The van der Waals surface area contributed by atoms with Crippen LogP contribution in [0.3, 0.4) is 0 Å². The standard InChI is InChI=1S/C7H12NO2/c1-5(9)3-4-7(8)6(2)10/h7-8H,3-4H2,1-2H3. The maximum Gasteiger partial charge on any atom is 0.148 e. The highest BCUT2D eigenvalue weighted by Gasteiger charge is 2.08. The maximum absolute atomic E-state index is 10.5. The van der Waals surface area contributed by atoms with Crippen LogP contribution in [0.25, 0.3) is 0 Å². The molecule has 0 saturated carbocycles. The smallest absolute Gasteiger partial charge is 0.148 e. The molecule has 0 aromatic carbocycles. The minimum atomic E-state index is -0.705. The molecule has 0 fully saturated rings. The molecule has 1 unspecified atom stereocenters. The van der Waals surface area contributed by atoms with E-state index in [9.17, 15) is 9.59 Å². The molecule has 0 saturated heterocycles. The molecule has 1 N–H and O–H groups in total. The zero-order valence-electron chi connectivity index (χ0n) is 6.31. The predicted molar refractivity (Wildman–Crippen MR) is 37.5 cm³/mol. The predicted octanol–water partition coefficient (Wildman–Crippen LogP) is 0.596. The number of hydrogen-bond acceptors (Lipinski definition) is 2. The van der Waals surface area contributed by atoms with E-state index < -0.39 is 6.04 Å². The van der Waals surface area contributed by atoms with E-state index in [0.717, 1.165) is 0 Å². The lowest BCUT2D eigenvalue weighted by molar-refractivity contribution is -0.119. The van der Waals surface area contributed by atoms with Gasteiger partial charge in [-0.05, 0) is 20.3 Å². The van der Waals surface area contributed by atoms with Crippen LogP contribution in [-0.2, 0) is 9.59 Å². The molecule has 0 rings (SSSR count). The molecule has 3 heteroatoms. The van der Waals surface area contributed by atoms with Crippen molar-refractivity contribution in [1.29, 1.82) is 0 Å². The highest BCUT2D eigenvalue weighted by atomic mass is 16.1. The molecule has 0 aliphatic heterocycles. The van der Waals surface area contributed by atoms with Crippen molar-refractivity contribution in [3.05, 3.63) is 0 Å². The Morgan fingerprint density at radius 2 is 1.90 bits per heavy atom. The summed E-state index contributed by atoms with van der Waals surface area (Å²) in [5, 5.41) is 0. The molecule has 1 radical (unpaired) electrons. The summed E-state index contributed by atoms with van der Waals surface area (Å²) in [4.78, 5) is 20.8. The Morgan fingerprint density at radius 1 is 1.40 bits per heavy atom. The lowest BCUT2D eigenvalue weighted by Crippen LogP contribution is -2.19. The molecule has 0 spiro atoms. The van der Waals surface area contributed by atoms with Crippen LogP contribution in [0.2, 0.25) is 0 Å². The van der Waals surface area contributed by atoms with Gasteiger partial charge in [-0.15, -0.1) is 0 Å². The molecule has 1 atom stereocenters. The van der Waals surface area contributed by atoms with Crippen LogP contribution in [0.5, 0.6) is 0 Å². The van der Waals surface area contributed by atoms with E-state index in [2.05, 4.69) is 0 Å². The lowest BCUT2D eigenvalue weighted by Gasteiger charge is -2.02. The minimum absolute atomic E-state index is 0.0403. The van der Waals surface area contributed by atoms with Crippen molar-refractivity contribution in [1.82, 2.24) is 5.73 Å². The number of rotatable bonds is 4. The van der Waals surface area contributed by atoms with Crippen molar-refractivity contribution in [2.24, 2.45) is 0 Å². The molecule has 10 heavy (non-hydrogen) atoms. The molecule has 0 heterocycles. The Hall–Kier alpha value is -0.700. The quantitative estimate of drug-likeness (QED) is 0.577. The number of Topliss-reactive ketones (excluding diaryl/α,β-unsaturated/α-hetero) is 2. The molecular weight excluding hydrogens is 130 g/mol. The van der Waals surface area contributed by atoms with E-state index in [1.165, 1.54) is 13.8 Å². The summed E-state index contributed by atoms with van der Waals surface area (Å²) in [5.41, 5.74) is 7.12. The Morgan fingerprint density at radius 3 is 2.20 bits per heavy atom. The van der Waals surface area contributed by atoms with Gasteiger partial charge >= 0.3 is 0 Å². The number of hydrogen-bond donors (Lipinski definition) is 0. The molecular formula is C7H12NO2. The molecule has 0 bridgehead atoms. The van der Waals surface area contributed by atoms with Gasteiger partial charge in [0.25, 0.3) is 0 Å². The second-order valence-electron chi connectivity index (χ2n) is 2.40. The summed E-state index contributed by atoms with van der Waals surface area (Å²) in [6.45, 7) is 2.84. The summed E-state index contributed by atoms with van der Waals surface area (Å²) in [5.74, 6) is -0.125. The first-order chi connectivity index (χ1) is 4.54. The normalized spacial score (nSPS) is 12.7. The lowest BCUT2D eigenvalue weighted by atomic mass is 10.1. The van der Waals surface area contributed by atoms with Gasteiger partial charge in [-0.2, -0.15) is 0 Å². The Bertz CT molecular complexity index is 143. The summed E-state index contributed by atoms with van der Waals surface area (Å²) in [6, 6.07) is -0.705. The van der Waals surface area contributed by atoms with Gasteiger partial charge in [0.1, 0.15) is 11.6 Å². The number of ketones is 2. The maximum atomic E-state index is 10.5. The highest BCUT2D eigenvalue weighted by Crippen LogP contribution is 1.97. The van der Waals surface area contributed by atoms with Crippen molar-refractivity contribution < 1.29 is 9.59 Å². The molecule has 57 valence electrons. The third kappa shape index (κ3) is 4.21. The fraction of sp³-hybridized carbons (Fsp3) is 0.714. The van der Waals surface area contributed by atoms with Crippen LogP contribution in [-0.4, -0.2) is 17.6 Å². The second-order valence-corrected chi connectivity index (χ2v) is 2.40. The average Bonchev–Trinajstić information content (AvgIpc) is 1.82. The van der Waals surface area contributed by atoms with Gasteiger partial charge in [0.2, 0.25) is 0 Å². The molecule has 0 aromatic heterocycles. The highest BCUT2D eigenvalue weighted by molar-refractivity contribution is 5.82. The van der Waals surface area contributed by atoms with E-state index in [0.29, 0.717) is 12.8 Å². The van der Waals surface area contributed by atoms with Crippen molar-refractivity contribution in [2.45, 2.75) is 32.7 Å².